The zero-order chi connectivity index (χ0) is 18.2. The lowest BCUT2D eigenvalue weighted by Crippen LogP contribution is -2.25. The maximum Gasteiger partial charge on any atom is 0.255 e. The van der Waals surface area contributed by atoms with E-state index in [9.17, 15) is 9.18 Å². The summed E-state index contributed by atoms with van der Waals surface area (Å²) in [5, 5.41) is 3.11. The Balaban J connectivity index is 0.00000338. The molecule has 0 aromatic heterocycles. The fraction of sp³-hybridized carbons (Fsp3) is 0.278. The quantitative estimate of drug-likeness (QED) is 0.515. The number of hydrogen-bond donors (Lipinski definition) is 2. The first kappa shape index (κ1) is 21.9. The highest BCUT2D eigenvalue weighted by molar-refractivity contribution is 6.33. The third-order valence-electron chi connectivity index (χ3n) is 3.50. The predicted octanol–water partition coefficient (Wildman–Crippen LogP) is 4.08. The van der Waals surface area contributed by atoms with Crippen molar-refractivity contribution in [3.05, 3.63) is 52.8 Å². The van der Waals surface area contributed by atoms with Crippen LogP contribution in [0.4, 0.5) is 10.1 Å². The molecule has 0 radical (unpaired) electrons. The highest BCUT2D eigenvalue weighted by atomic mass is 35.5. The van der Waals surface area contributed by atoms with E-state index < -0.39 is 0 Å². The van der Waals surface area contributed by atoms with Gasteiger partial charge in [0, 0.05) is 12.6 Å². The molecule has 0 aliphatic carbocycles. The van der Waals surface area contributed by atoms with E-state index in [1.54, 1.807) is 12.1 Å². The normalized spacial score (nSPS) is 9.96. The van der Waals surface area contributed by atoms with Crippen LogP contribution in [0.5, 0.6) is 11.5 Å². The maximum absolute atomic E-state index is 12.8. The summed E-state index contributed by atoms with van der Waals surface area (Å²) >= 11 is 5.96. The molecule has 8 heteroatoms. The number of benzene rings is 2. The number of anilines is 1. The monoisotopic (exact) mass is 402 g/mol. The number of nitrogen functional groups attached to an aromatic ring is 1. The summed E-state index contributed by atoms with van der Waals surface area (Å²) in [6, 6.07) is 8.86. The van der Waals surface area contributed by atoms with Crippen molar-refractivity contribution in [3.63, 3.8) is 0 Å². The first-order valence-corrected chi connectivity index (χ1v) is 8.18. The van der Waals surface area contributed by atoms with Gasteiger partial charge >= 0.3 is 0 Å². The smallest absolute Gasteiger partial charge is 0.255 e. The zero-order valence-electron chi connectivity index (χ0n) is 14.3. The first-order chi connectivity index (χ1) is 12.0. The van der Waals surface area contributed by atoms with Gasteiger partial charge in [0.05, 0.1) is 30.0 Å². The Bertz CT molecular complexity index is 727. The van der Waals surface area contributed by atoms with Crippen molar-refractivity contribution in [2.45, 2.75) is 12.8 Å². The molecular formula is C18H21Cl2FN2O3. The molecule has 2 aromatic carbocycles. The van der Waals surface area contributed by atoms with Crippen molar-refractivity contribution in [2.75, 3.05) is 26.0 Å². The molecule has 0 saturated carbocycles. The number of nitrogens with two attached hydrogens (primary N) is 1. The molecule has 142 valence electrons. The van der Waals surface area contributed by atoms with Crippen molar-refractivity contribution >= 4 is 35.6 Å². The molecule has 0 atom stereocenters. The number of ether oxygens (including phenoxy) is 2. The van der Waals surface area contributed by atoms with E-state index in [2.05, 4.69) is 5.32 Å². The van der Waals surface area contributed by atoms with Crippen molar-refractivity contribution in [1.82, 2.24) is 5.32 Å². The number of carbonyl (C=O) groups is 1. The number of carbonyl (C=O) groups excluding carboxylic acids is 1. The largest absolute Gasteiger partial charge is 0.496 e. The van der Waals surface area contributed by atoms with Gasteiger partial charge < -0.3 is 20.5 Å². The molecule has 3 N–H and O–H groups in total. The van der Waals surface area contributed by atoms with Gasteiger partial charge in [0.1, 0.15) is 17.3 Å². The number of hydrogen-bond acceptors (Lipinski definition) is 4. The molecule has 2 rings (SSSR count). The molecular weight excluding hydrogens is 382 g/mol. The topological polar surface area (TPSA) is 73.6 Å². The van der Waals surface area contributed by atoms with Crippen LogP contribution >= 0.6 is 24.0 Å². The van der Waals surface area contributed by atoms with E-state index in [1.165, 1.54) is 31.4 Å². The molecule has 5 nitrogen and oxygen atoms in total. The molecule has 1 amide bonds. The Morgan fingerprint density at radius 2 is 1.92 bits per heavy atom. The fourth-order valence-corrected chi connectivity index (χ4v) is 2.32. The fourth-order valence-electron chi connectivity index (χ4n) is 2.16. The minimum atomic E-state index is -0.298. The van der Waals surface area contributed by atoms with E-state index >= 15 is 0 Å². The Kier molecular flexibility index (Phi) is 9.02. The van der Waals surface area contributed by atoms with Crippen molar-refractivity contribution < 1.29 is 18.7 Å². The molecule has 0 aliphatic heterocycles. The van der Waals surface area contributed by atoms with Crippen molar-refractivity contribution in [2.24, 2.45) is 0 Å². The van der Waals surface area contributed by atoms with E-state index in [1.807, 2.05) is 0 Å². The Morgan fingerprint density at radius 3 is 2.58 bits per heavy atom. The minimum absolute atomic E-state index is 0. The average molecular weight is 403 g/mol. The van der Waals surface area contributed by atoms with Gasteiger partial charge in [-0.3, -0.25) is 4.79 Å². The van der Waals surface area contributed by atoms with E-state index in [0.29, 0.717) is 40.9 Å². The second kappa shape index (κ2) is 10.7. The number of rotatable bonds is 8. The van der Waals surface area contributed by atoms with Crippen LogP contribution in [0.3, 0.4) is 0 Å². The van der Waals surface area contributed by atoms with Gasteiger partial charge in [-0.25, -0.2) is 4.39 Å². The summed E-state index contributed by atoms with van der Waals surface area (Å²) in [6.45, 7) is 0.968. The molecule has 0 heterocycles. The summed E-state index contributed by atoms with van der Waals surface area (Å²) < 4.78 is 23.4. The van der Waals surface area contributed by atoms with E-state index in [4.69, 9.17) is 26.8 Å². The first-order valence-electron chi connectivity index (χ1n) is 7.81. The van der Waals surface area contributed by atoms with Crippen molar-refractivity contribution in [3.8, 4) is 11.5 Å². The van der Waals surface area contributed by atoms with Crippen LogP contribution in [-0.4, -0.2) is 26.2 Å². The van der Waals surface area contributed by atoms with E-state index in [0.717, 1.165) is 12.8 Å². The molecule has 0 unspecified atom stereocenters. The summed E-state index contributed by atoms with van der Waals surface area (Å²) in [5.74, 6) is 0.414. The van der Waals surface area contributed by atoms with E-state index in [-0.39, 0.29) is 24.1 Å². The lowest BCUT2D eigenvalue weighted by atomic mass is 10.1. The molecule has 0 saturated heterocycles. The van der Waals surface area contributed by atoms with Crippen LogP contribution in [0.15, 0.2) is 36.4 Å². The van der Waals surface area contributed by atoms with Gasteiger partial charge in [0.2, 0.25) is 0 Å². The molecule has 26 heavy (non-hydrogen) atoms. The lowest BCUT2D eigenvalue weighted by molar-refractivity contribution is 0.0949. The SMILES string of the molecule is COc1cc(N)c(Cl)cc1C(=O)NCCCCOc1ccc(F)cc1.Cl. The predicted molar refractivity (Wildman–Crippen MR) is 103 cm³/mol. The maximum atomic E-state index is 12.8. The summed E-state index contributed by atoms with van der Waals surface area (Å²) in [4.78, 5) is 12.2. The van der Waals surface area contributed by atoms with Gasteiger partial charge in [0.25, 0.3) is 5.91 Å². The van der Waals surface area contributed by atoms with Crippen molar-refractivity contribution in [1.29, 1.82) is 0 Å². The number of nitrogens with one attached hydrogen (secondary N) is 1. The summed E-state index contributed by atoms with van der Waals surface area (Å²) in [5.41, 5.74) is 6.39. The Hall–Kier alpha value is -2.18. The van der Waals surface area contributed by atoms with Crippen LogP contribution in [0.2, 0.25) is 5.02 Å². The number of methoxy groups -OCH3 is 1. The van der Waals surface area contributed by atoms with Crippen LogP contribution in [0.25, 0.3) is 0 Å². The molecule has 0 bridgehead atoms. The Morgan fingerprint density at radius 1 is 1.23 bits per heavy atom. The highest BCUT2D eigenvalue weighted by Crippen LogP contribution is 2.28. The zero-order valence-corrected chi connectivity index (χ0v) is 15.8. The van der Waals surface area contributed by atoms with Crippen LogP contribution in [0, 0.1) is 5.82 Å². The summed E-state index contributed by atoms with van der Waals surface area (Å²) in [6.07, 6.45) is 1.48. The second-order valence-corrected chi connectivity index (χ2v) is 5.75. The second-order valence-electron chi connectivity index (χ2n) is 5.34. The van der Waals surface area contributed by atoms with Gasteiger partial charge in [-0.2, -0.15) is 0 Å². The average Bonchev–Trinajstić information content (AvgIpc) is 2.61. The number of amides is 1. The summed E-state index contributed by atoms with van der Waals surface area (Å²) in [7, 11) is 1.46. The third kappa shape index (κ3) is 6.28. The number of halogens is 3. The third-order valence-corrected chi connectivity index (χ3v) is 3.83. The van der Waals surface area contributed by atoms with Crippen LogP contribution in [-0.2, 0) is 0 Å². The lowest BCUT2D eigenvalue weighted by Gasteiger charge is -2.11. The van der Waals surface area contributed by atoms with Crippen LogP contribution in [0.1, 0.15) is 23.2 Å². The standard InChI is InChI=1S/C18H20ClFN2O3.ClH/c1-24-17-11-16(21)15(19)10-14(17)18(23)22-8-2-3-9-25-13-6-4-12(20)5-7-13;/h4-7,10-11H,2-3,8-9,21H2,1H3,(H,22,23);1H. The molecule has 0 fully saturated rings. The van der Waals surface area contributed by atoms with Gasteiger partial charge in [-0.05, 0) is 43.2 Å². The Labute approximate surface area is 163 Å². The van der Waals surface area contributed by atoms with Crippen LogP contribution < -0.4 is 20.5 Å². The number of unbranched alkanes of at least 4 members (excludes halogenated alkanes) is 1. The highest BCUT2D eigenvalue weighted by Gasteiger charge is 2.14. The molecule has 0 spiro atoms. The van der Waals surface area contributed by atoms with Gasteiger partial charge in [-0.15, -0.1) is 12.4 Å². The molecule has 0 aliphatic rings. The van der Waals surface area contributed by atoms with Gasteiger partial charge in [0.15, 0.2) is 0 Å². The molecule has 2 aromatic rings. The van der Waals surface area contributed by atoms with Gasteiger partial charge in [-0.1, -0.05) is 11.6 Å². The minimum Gasteiger partial charge on any atom is -0.496 e.